The molecule has 0 aliphatic rings. The maximum atomic E-state index is 13.3. The number of hydrazone groups is 1. The molecule has 0 unspecified atom stereocenters. The summed E-state index contributed by atoms with van der Waals surface area (Å²) in [6.45, 7) is 1.94. The van der Waals surface area contributed by atoms with Gasteiger partial charge < -0.3 is 9.47 Å². The predicted octanol–water partition coefficient (Wildman–Crippen LogP) is 7.14. The van der Waals surface area contributed by atoms with Crippen LogP contribution in [0.3, 0.4) is 0 Å². The Balaban J connectivity index is 1.25. The van der Waals surface area contributed by atoms with Crippen LogP contribution >= 0.6 is 0 Å². The van der Waals surface area contributed by atoms with Gasteiger partial charge in [-0.2, -0.15) is 5.10 Å². The SMILES string of the molecule is C[C@H](Oc1ccc(-c2ccccc2)cc1)C(=O)N/N=C\c1c(OCc2ccc(F)cc2)ccc2ccccc12. The van der Waals surface area contributed by atoms with Crippen molar-refractivity contribution in [2.24, 2.45) is 5.10 Å². The van der Waals surface area contributed by atoms with Crippen molar-refractivity contribution in [1.29, 1.82) is 0 Å². The molecule has 0 spiro atoms. The fraction of sp³-hybridized carbons (Fsp3) is 0.0909. The first-order valence-corrected chi connectivity index (χ1v) is 12.6. The summed E-state index contributed by atoms with van der Waals surface area (Å²) in [5.74, 6) is 0.508. The summed E-state index contributed by atoms with van der Waals surface area (Å²) in [7, 11) is 0. The number of rotatable bonds is 9. The first-order chi connectivity index (χ1) is 19.1. The lowest BCUT2D eigenvalue weighted by molar-refractivity contribution is -0.127. The number of benzene rings is 5. The van der Waals surface area contributed by atoms with Gasteiger partial charge in [0.05, 0.1) is 6.21 Å². The Hall–Kier alpha value is -4.97. The van der Waals surface area contributed by atoms with E-state index in [1.54, 1.807) is 25.3 Å². The fourth-order valence-electron chi connectivity index (χ4n) is 4.14. The molecule has 1 atom stereocenters. The third kappa shape index (κ3) is 6.48. The van der Waals surface area contributed by atoms with E-state index in [0.29, 0.717) is 11.5 Å². The zero-order valence-electron chi connectivity index (χ0n) is 21.4. The third-order valence-corrected chi connectivity index (χ3v) is 6.25. The van der Waals surface area contributed by atoms with E-state index in [1.165, 1.54) is 12.1 Å². The lowest BCUT2D eigenvalue weighted by Crippen LogP contribution is -2.33. The standard InChI is InChI=1S/C33H27FN2O3/c1-23(39-29-18-13-26(14-19-29)25-7-3-2-4-8-25)33(37)36-35-21-31-30-10-6-5-9-27(30)15-20-32(31)38-22-24-11-16-28(34)17-12-24/h2-21,23H,22H2,1H3,(H,36,37)/b35-21-/t23-/m0/s1. The summed E-state index contributed by atoms with van der Waals surface area (Å²) in [6.07, 6.45) is 0.813. The van der Waals surface area contributed by atoms with Gasteiger partial charge in [0.1, 0.15) is 23.9 Å². The summed E-state index contributed by atoms with van der Waals surface area (Å²) < 4.78 is 25.1. The molecule has 39 heavy (non-hydrogen) atoms. The van der Waals surface area contributed by atoms with Gasteiger partial charge in [0.2, 0.25) is 0 Å². The Kier molecular flexibility index (Phi) is 7.93. The lowest BCUT2D eigenvalue weighted by atomic mass is 10.0. The van der Waals surface area contributed by atoms with E-state index in [-0.39, 0.29) is 18.3 Å². The monoisotopic (exact) mass is 518 g/mol. The minimum absolute atomic E-state index is 0.264. The van der Waals surface area contributed by atoms with E-state index in [4.69, 9.17) is 9.47 Å². The minimum Gasteiger partial charge on any atom is -0.488 e. The summed E-state index contributed by atoms with van der Waals surface area (Å²) in [5.41, 5.74) is 6.30. The zero-order valence-corrected chi connectivity index (χ0v) is 21.4. The van der Waals surface area contributed by atoms with Crippen LogP contribution in [-0.4, -0.2) is 18.2 Å². The van der Waals surface area contributed by atoms with Crippen molar-refractivity contribution in [2.75, 3.05) is 0 Å². The summed E-state index contributed by atoms with van der Waals surface area (Å²) in [5, 5.41) is 6.14. The van der Waals surface area contributed by atoms with Crippen LogP contribution in [-0.2, 0) is 11.4 Å². The smallest absolute Gasteiger partial charge is 0.280 e. The number of nitrogens with zero attached hydrogens (tertiary/aromatic N) is 1. The molecule has 0 radical (unpaired) electrons. The number of carbonyl (C=O) groups excluding carboxylic acids is 1. The molecule has 0 fully saturated rings. The number of hydrogen-bond donors (Lipinski definition) is 1. The van der Waals surface area contributed by atoms with Gasteiger partial charge in [0.25, 0.3) is 5.91 Å². The van der Waals surface area contributed by atoms with Crippen LogP contribution in [0.1, 0.15) is 18.1 Å². The quantitative estimate of drug-likeness (QED) is 0.167. The fourth-order valence-corrected chi connectivity index (χ4v) is 4.14. The third-order valence-electron chi connectivity index (χ3n) is 6.25. The topological polar surface area (TPSA) is 59.9 Å². The Bertz CT molecular complexity index is 1580. The minimum atomic E-state index is -0.758. The summed E-state index contributed by atoms with van der Waals surface area (Å²) in [6, 6.07) is 35.5. The Labute approximate surface area is 226 Å². The average molecular weight is 519 g/mol. The van der Waals surface area contributed by atoms with Gasteiger partial charge in [0.15, 0.2) is 6.10 Å². The highest BCUT2D eigenvalue weighted by Crippen LogP contribution is 2.28. The molecule has 0 aliphatic carbocycles. The molecule has 1 N–H and O–H groups in total. The number of amides is 1. The van der Waals surface area contributed by atoms with Gasteiger partial charge in [-0.05, 0) is 64.7 Å². The van der Waals surface area contributed by atoms with Crippen LogP contribution in [0.5, 0.6) is 11.5 Å². The number of hydrogen-bond acceptors (Lipinski definition) is 4. The second kappa shape index (κ2) is 12.0. The largest absolute Gasteiger partial charge is 0.488 e. The van der Waals surface area contributed by atoms with Crippen LogP contribution in [0.25, 0.3) is 21.9 Å². The Morgan fingerprint density at radius 1 is 0.846 bits per heavy atom. The molecule has 0 heterocycles. The van der Waals surface area contributed by atoms with Gasteiger partial charge in [-0.25, -0.2) is 9.82 Å². The van der Waals surface area contributed by atoms with Gasteiger partial charge in [-0.15, -0.1) is 0 Å². The van der Waals surface area contributed by atoms with Gasteiger partial charge in [0, 0.05) is 5.56 Å². The molecule has 1 amide bonds. The Morgan fingerprint density at radius 2 is 1.54 bits per heavy atom. The first-order valence-electron chi connectivity index (χ1n) is 12.6. The van der Waals surface area contributed by atoms with E-state index in [0.717, 1.165) is 33.0 Å². The number of fused-ring (bicyclic) bond motifs is 1. The highest BCUT2D eigenvalue weighted by atomic mass is 19.1. The number of halogens is 1. The molecule has 0 saturated heterocycles. The lowest BCUT2D eigenvalue weighted by Gasteiger charge is -2.14. The highest BCUT2D eigenvalue weighted by Gasteiger charge is 2.14. The molecular weight excluding hydrogens is 491 g/mol. The molecule has 5 aromatic carbocycles. The molecule has 5 rings (SSSR count). The van der Waals surface area contributed by atoms with Crippen molar-refractivity contribution in [3.05, 3.63) is 132 Å². The molecule has 0 bridgehead atoms. The van der Waals surface area contributed by atoms with Crippen LogP contribution < -0.4 is 14.9 Å². The van der Waals surface area contributed by atoms with Crippen LogP contribution in [0.2, 0.25) is 0 Å². The molecule has 0 saturated carbocycles. The van der Waals surface area contributed by atoms with E-state index >= 15 is 0 Å². The van der Waals surface area contributed by atoms with E-state index in [9.17, 15) is 9.18 Å². The van der Waals surface area contributed by atoms with Crippen molar-refractivity contribution in [1.82, 2.24) is 5.43 Å². The van der Waals surface area contributed by atoms with Crippen LogP contribution in [0, 0.1) is 5.82 Å². The number of carbonyl (C=O) groups is 1. The van der Waals surface area contributed by atoms with E-state index in [1.807, 2.05) is 91.0 Å². The molecule has 6 heteroatoms. The van der Waals surface area contributed by atoms with E-state index in [2.05, 4.69) is 10.5 Å². The summed E-state index contributed by atoms with van der Waals surface area (Å²) in [4.78, 5) is 12.7. The van der Waals surface area contributed by atoms with Crippen molar-refractivity contribution >= 4 is 22.9 Å². The van der Waals surface area contributed by atoms with Gasteiger partial charge >= 0.3 is 0 Å². The molecular formula is C33H27FN2O3. The van der Waals surface area contributed by atoms with Crippen molar-refractivity contribution in [2.45, 2.75) is 19.6 Å². The molecule has 0 aliphatic heterocycles. The second-order valence-electron chi connectivity index (χ2n) is 9.00. The molecule has 194 valence electrons. The van der Waals surface area contributed by atoms with Crippen molar-refractivity contribution < 1.29 is 18.7 Å². The Morgan fingerprint density at radius 3 is 2.31 bits per heavy atom. The van der Waals surface area contributed by atoms with Gasteiger partial charge in [-0.3, -0.25) is 4.79 Å². The normalized spacial score (nSPS) is 11.8. The first kappa shape index (κ1) is 25.7. The maximum Gasteiger partial charge on any atom is 0.280 e. The zero-order chi connectivity index (χ0) is 27.0. The molecule has 0 aromatic heterocycles. The predicted molar refractivity (Wildman–Crippen MR) is 152 cm³/mol. The van der Waals surface area contributed by atoms with Crippen LogP contribution in [0.15, 0.2) is 120 Å². The van der Waals surface area contributed by atoms with Crippen LogP contribution in [0.4, 0.5) is 4.39 Å². The second-order valence-corrected chi connectivity index (χ2v) is 9.00. The summed E-state index contributed by atoms with van der Waals surface area (Å²) >= 11 is 0. The van der Waals surface area contributed by atoms with Crippen molar-refractivity contribution in [3.63, 3.8) is 0 Å². The average Bonchev–Trinajstić information content (AvgIpc) is 2.98. The highest BCUT2D eigenvalue weighted by molar-refractivity contribution is 6.02. The van der Waals surface area contributed by atoms with Crippen molar-refractivity contribution in [3.8, 4) is 22.6 Å². The number of ether oxygens (including phenoxy) is 2. The van der Waals surface area contributed by atoms with Gasteiger partial charge in [-0.1, -0.05) is 84.9 Å². The number of nitrogens with one attached hydrogen (secondary N) is 1. The van der Waals surface area contributed by atoms with E-state index < -0.39 is 6.10 Å². The maximum absolute atomic E-state index is 13.3. The molecule has 5 aromatic rings. The molecule has 5 nitrogen and oxygen atoms in total.